The van der Waals surface area contributed by atoms with Crippen molar-refractivity contribution in [2.45, 2.75) is 32.7 Å². The third kappa shape index (κ3) is 2.80. The van der Waals surface area contributed by atoms with Crippen LogP contribution in [-0.4, -0.2) is 0 Å². The minimum absolute atomic E-state index is 0.261. The van der Waals surface area contributed by atoms with Crippen molar-refractivity contribution in [2.75, 3.05) is 0 Å². The molecule has 1 aromatic carbocycles. The zero-order chi connectivity index (χ0) is 10.6. The summed E-state index contributed by atoms with van der Waals surface area (Å²) < 4.78 is 1.14. The first-order valence-electron chi connectivity index (χ1n) is 4.91. The molecule has 0 aromatic heterocycles. The molecule has 78 valence electrons. The normalized spacial score (nSPS) is 12.9. The van der Waals surface area contributed by atoms with E-state index in [1.165, 1.54) is 11.1 Å². The fourth-order valence-corrected chi connectivity index (χ4v) is 1.86. The highest BCUT2D eigenvalue weighted by atomic mass is 79.9. The van der Waals surface area contributed by atoms with Crippen molar-refractivity contribution in [1.29, 1.82) is 0 Å². The molecule has 1 aromatic rings. The largest absolute Gasteiger partial charge is 0.271 e. The molecule has 3 heteroatoms. The molecule has 0 aliphatic heterocycles. The van der Waals surface area contributed by atoms with Crippen LogP contribution in [0.2, 0.25) is 0 Å². The van der Waals surface area contributed by atoms with Crippen molar-refractivity contribution in [3.05, 3.63) is 33.8 Å². The van der Waals surface area contributed by atoms with Crippen LogP contribution in [0.15, 0.2) is 22.7 Å². The lowest BCUT2D eigenvalue weighted by molar-refractivity contribution is 0.510. The quantitative estimate of drug-likeness (QED) is 0.642. The lowest BCUT2D eigenvalue weighted by Crippen LogP contribution is -2.27. The van der Waals surface area contributed by atoms with Gasteiger partial charge in [0, 0.05) is 10.5 Å². The van der Waals surface area contributed by atoms with Crippen LogP contribution in [0.25, 0.3) is 0 Å². The summed E-state index contributed by atoms with van der Waals surface area (Å²) in [7, 11) is 0. The van der Waals surface area contributed by atoms with E-state index in [0.29, 0.717) is 0 Å². The van der Waals surface area contributed by atoms with Crippen LogP contribution in [0.3, 0.4) is 0 Å². The molecule has 0 amide bonds. The molecular weight excluding hydrogens is 240 g/mol. The third-order valence-electron chi connectivity index (χ3n) is 2.38. The van der Waals surface area contributed by atoms with E-state index in [9.17, 15) is 0 Å². The van der Waals surface area contributed by atoms with Crippen LogP contribution in [0.1, 0.15) is 36.9 Å². The Bertz CT molecular complexity index is 299. The zero-order valence-electron chi connectivity index (χ0n) is 8.68. The van der Waals surface area contributed by atoms with Crippen molar-refractivity contribution >= 4 is 15.9 Å². The van der Waals surface area contributed by atoms with Gasteiger partial charge in [-0.05, 0) is 30.5 Å². The van der Waals surface area contributed by atoms with Gasteiger partial charge in [-0.2, -0.15) is 0 Å². The molecule has 2 nitrogen and oxygen atoms in total. The lowest BCUT2D eigenvalue weighted by atomic mass is 10.0. The summed E-state index contributed by atoms with van der Waals surface area (Å²) in [4.78, 5) is 0. The van der Waals surface area contributed by atoms with Gasteiger partial charge in [0.1, 0.15) is 0 Å². The van der Waals surface area contributed by atoms with Gasteiger partial charge in [-0.15, -0.1) is 0 Å². The minimum atomic E-state index is 0.261. The molecule has 0 spiro atoms. The van der Waals surface area contributed by atoms with Gasteiger partial charge in [-0.25, -0.2) is 0 Å². The average Bonchev–Trinajstić information content (AvgIpc) is 2.19. The van der Waals surface area contributed by atoms with E-state index in [1.807, 2.05) is 0 Å². The fraction of sp³-hybridized carbons (Fsp3) is 0.455. The summed E-state index contributed by atoms with van der Waals surface area (Å²) in [5, 5.41) is 0. The molecule has 0 aliphatic rings. The molecule has 14 heavy (non-hydrogen) atoms. The summed E-state index contributed by atoms with van der Waals surface area (Å²) in [6.07, 6.45) is 2.19. The van der Waals surface area contributed by atoms with Crippen LogP contribution >= 0.6 is 15.9 Å². The second kappa shape index (κ2) is 5.49. The van der Waals surface area contributed by atoms with Crippen molar-refractivity contribution < 1.29 is 0 Å². The van der Waals surface area contributed by atoms with E-state index in [1.54, 1.807) is 0 Å². The molecule has 3 N–H and O–H groups in total. The van der Waals surface area contributed by atoms with Gasteiger partial charge in [0.05, 0.1) is 0 Å². The number of hydrogen-bond donors (Lipinski definition) is 2. The second-order valence-corrected chi connectivity index (χ2v) is 4.37. The molecule has 0 radical (unpaired) electrons. The molecule has 1 atom stereocenters. The first-order valence-corrected chi connectivity index (χ1v) is 5.70. The van der Waals surface area contributed by atoms with E-state index in [4.69, 9.17) is 5.84 Å². The van der Waals surface area contributed by atoms with Gasteiger partial charge < -0.3 is 0 Å². The number of nitrogens with one attached hydrogen (secondary N) is 1. The Labute approximate surface area is 94.0 Å². The SMILES string of the molecule is CCCC(NN)c1ccc(C)c(Br)c1. The summed E-state index contributed by atoms with van der Waals surface area (Å²) in [6, 6.07) is 6.63. The summed E-state index contributed by atoms with van der Waals surface area (Å²) in [6.45, 7) is 4.24. The van der Waals surface area contributed by atoms with Crippen molar-refractivity contribution in [2.24, 2.45) is 5.84 Å². The molecule has 0 aliphatic carbocycles. The Morgan fingerprint density at radius 3 is 2.71 bits per heavy atom. The number of aryl methyl sites for hydroxylation is 1. The summed E-state index contributed by atoms with van der Waals surface area (Å²) in [5.41, 5.74) is 5.34. The van der Waals surface area contributed by atoms with Gasteiger partial charge in [0.15, 0.2) is 0 Å². The Balaban J connectivity index is 2.88. The molecule has 0 fully saturated rings. The second-order valence-electron chi connectivity index (χ2n) is 3.52. The zero-order valence-corrected chi connectivity index (χ0v) is 10.3. The molecular formula is C11H17BrN2. The van der Waals surface area contributed by atoms with E-state index < -0.39 is 0 Å². The first-order chi connectivity index (χ1) is 6.69. The highest BCUT2D eigenvalue weighted by molar-refractivity contribution is 9.10. The number of halogens is 1. The lowest BCUT2D eigenvalue weighted by Gasteiger charge is -2.16. The number of hydrazine groups is 1. The Morgan fingerprint density at radius 1 is 1.50 bits per heavy atom. The van der Waals surface area contributed by atoms with Gasteiger partial charge in [-0.1, -0.05) is 41.4 Å². The molecule has 1 rings (SSSR count). The van der Waals surface area contributed by atoms with E-state index in [0.717, 1.165) is 17.3 Å². The van der Waals surface area contributed by atoms with E-state index in [2.05, 4.69) is 53.4 Å². The van der Waals surface area contributed by atoms with Crippen LogP contribution in [0.5, 0.6) is 0 Å². The van der Waals surface area contributed by atoms with E-state index in [-0.39, 0.29) is 6.04 Å². The molecule has 0 bridgehead atoms. The maximum atomic E-state index is 5.51. The van der Waals surface area contributed by atoms with E-state index >= 15 is 0 Å². The Kier molecular flexibility index (Phi) is 4.58. The molecule has 1 unspecified atom stereocenters. The van der Waals surface area contributed by atoms with Crippen molar-refractivity contribution in [1.82, 2.24) is 5.43 Å². The predicted octanol–water partition coefficient (Wildman–Crippen LogP) is 3.06. The van der Waals surface area contributed by atoms with Crippen LogP contribution in [0.4, 0.5) is 0 Å². The van der Waals surface area contributed by atoms with Gasteiger partial charge in [-0.3, -0.25) is 11.3 Å². The van der Waals surface area contributed by atoms with Crippen LogP contribution in [-0.2, 0) is 0 Å². The number of benzene rings is 1. The van der Waals surface area contributed by atoms with Crippen molar-refractivity contribution in [3.8, 4) is 0 Å². The highest BCUT2D eigenvalue weighted by Crippen LogP contribution is 2.23. The number of hydrogen-bond acceptors (Lipinski definition) is 2. The van der Waals surface area contributed by atoms with Gasteiger partial charge in [0.25, 0.3) is 0 Å². The van der Waals surface area contributed by atoms with Crippen molar-refractivity contribution in [3.63, 3.8) is 0 Å². The predicted molar refractivity (Wildman–Crippen MR) is 63.9 cm³/mol. The van der Waals surface area contributed by atoms with Crippen LogP contribution in [0, 0.1) is 6.92 Å². The topological polar surface area (TPSA) is 38.0 Å². The molecule has 0 saturated heterocycles. The third-order valence-corrected chi connectivity index (χ3v) is 3.23. The molecule has 0 heterocycles. The summed E-state index contributed by atoms with van der Waals surface area (Å²) >= 11 is 3.53. The maximum Gasteiger partial charge on any atom is 0.0460 e. The maximum absolute atomic E-state index is 5.51. The van der Waals surface area contributed by atoms with Crippen LogP contribution < -0.4 is 11.3 Å². The monoisotopic (exact) mass is 256 g/mol. The Morgan fingerprint density at radius 2 is 2.21 bits per heavy atom. The fourth-order valence-electron chi connectivity index (χ4n) is 1.46. The van der Waals surface area contributed by atoms with Gasteiger partial charge >= 0.3 is 0 Å². The standard InChI is InChI=1S/C11H17BrN2/c1-3-4-11(14-13)9-6-5-8(2)10(12)7-9/h5-7,11,14H,3-4,13H2,1-2H3. The highest BCUT2D eigenvalue weighted by Gasteiger charge is 2.08. The average molecular weight is 257 g/mol. The molecule has 0 saturated carbocycles. The number of rotatable bonds is 4. The summed E-state index contributed by atoms with van der Waals surface area (Å²) in [5.74, 6) is 5.51. The first kappa shape index (κ1) is 11.7. The smallest absolute Gasteiger partial charge is 0.0460 e. The minimum Gasteiger partial charge on any atom is -0.271 e. The Hall–Kier alpha value is -0.380. The number of nitrogens with two attached hydrogens (primary N) is 1. The van der Waals surface area contributed by atoms with Gasteiger partial charge in [0.2, 0.25) is 0 Å².